The molecule has 0 unspecified atom stereocenters. The highest BCUT2D eigenvalue weighted by atomic mass is 32.1. The molecule has 0 saturated carbocycles. The number of hydrazone groups is 1. The number of aromatic amines is 1. The number of aromatic nitrogens is 2. The van der Waals surface area contributed by atoms with Gasteiger partial charge in [-0.25, -0.2) is 5.01 Å². The van der Waals surface area contributed by atoms with E-state index in [1.807, 2.05) is 36.5 Å². The summed E-state index contributed by atoms with van der Waals surface area (Å²) >= 11 is 1.73. The molecule has 0 aliphatic carbocycles. The molecule has 2 aromatic carbocycles. The number of fused-ring (bicyclic) bond motifs is 3. The number of para-hydroxylation sites is 1. The van der Waals surface area contributed by atoms with Crippen LogP contribution in [0.4, 0.5) is 0 Å². The summed E-state index contributed by atoms with van der Waals surface area (Å²) in [6.07, 6.45) is 2.40. The monoisotopic (exact) mass is 398 g/mol. The third-order valence-corrected chi connectivity index (χ3v) is 6.42. The van der Waals surface area contributed by atoms with Gasteiger partial charge in [0.15, 0.2) is 0 Å². The maximum atomic E-state index is 6.48. The Hall–Kier alpha value is -3.38. The summed E-state index contributed by atoms with van der Waals surface area (Å²) < 4.78 is 6.48. The van der Waals surface area contributed by atoms with E-state index in [9.17, 15) is 0 Å². The van der Waals surface area contributed by atoms with Crippen molar-refractivity contribution in [2.45, 2.75) is 18.7 Å². The van der Waals surface area contributed by atoms with Crippen molar-refractivity contribution in [1.29, 1.82) is 0 Å². The lowest BCUT2D eigenvalue weighted by molar-refractivity contribution is -0.0186. The second-order valence-electron chi connectivity index (χ2n) is 7.20. The Morgan fingerprint density at radius 1 is 0.966 bits per heavy atom. The van der Waals surface area contributed by atoms with Gasteiger partial charge in [0.2, 0.25) is 6.23 Å². The molecule has 5 nitrogen and oxygen atoms in total. The molecule has 1 N–H and O–H groups in total. The van der Waals surface area contributed by atoms with Gasteiger partial charge in [0.25, 0.3) is 0 Å². The molecule has 29 heavy (non-hydrogen) atoms. The lowest BCUT2D eigenvalue weighted by atomic mass is 9.97. The molecule has 0 saturated heterocycles. The Kier molecular flexibility index (Phi) is 3.77. The fourth-order valence-corrected chi connectivity index (χ4v) is 4.87. The lowest BCUT2D eigenvalue weighted by Crippen LogP contribution is -2.33. The van der Waals surface area contributed by atoms with Crippen LogP contribution in [0.1, 0.15) is 34.7 Å². The van der Waals surface area contributed by atoms with Crippen molar-refractivity contribution in [3.63, 3.8) is 0 Å². The van der Waals surface area contributed by atoms with Crippen molar-refractivity contribution in [2.75, 3.05) is 0 Å². The highest BCUT2D eigenvalue weighted by Gasteiger charge is 2.42. The molecule has 0 amide bonds. The van der Waals surface area contributed by atoms with Crippen LogP contribution in [0.3, 0.4) is 0 Å². The van der Waals surface area contributed by atoms with Crippen LogP contribution in [0.15, 0.2) is 83.4 Å². The van der Waals surface area contributed by atoms with E-state index in [2.05, 4.69) is 57.0 Å². The smallest absolute Gasteiger partial charge is 0.217 e. The standard InChI is InChI=1S/C23H18N4OS/c1-2-7-15(8-3-1)22-17(14-24-25-22)23-27-19(16-9-4-5-10-20(16)28-23)13-18(26-27)21-11-6-12-29-21/h1-12,14,19,23H,13H2,(H,24,25)/t19-,23-/m1/s1. The maximum absolute atomic E-state index is 6.48. The van der Waals surface area contributed by atoms with E-state index in [1.54, 1.807) is 11.3 Å². The molecule has 0 radical (unpaired) electrons. The van der Waals surface area contributed by atoms with E-state index in [1.165, 1.54) is 10.4 Å². The predicted octanol–water partition coefficient (Wildman–Crippen LogP) is 5.38. The topological polar surface area (TPSA) is 53.5 Å². The second kappa shape index (κ2) is 6.60. The average molecular weight is 398 g/mol. The summed E-state index contributed by atoms with van der Waals surface area (Å²) in [4.78, 5) is 1.21. The van der Waals surface area contributed by atoms with E-state index < -0.39 is 0 Å². The van der Waals surface area contributed by atoms with Gasteiger partial charge in [-0.1, -0.05) is 54.6 Å². The van der Waals surface area contributed by atoms with Crippen molar-refractivity contribution in [3.05, 3.63) is 94.3 Å². The van der Waals surface area contributed by atoms with Gasteiger partial charge in [-0.2, -0.15) is 10.2 Å². The molecule has 2 aliphatic heterocycles. The Morgan fingerprint density at radius 3 is 2.69 bits per heavy atom. The number of nitrogens with zero attached hydrogens (tertiary/aromatic N) is 3. The van der Waals surface area contributed by atoms with Gasteiger partial charge < -0.3 is 4.74 Å². The van der Waals surface area contributed by atoms with Gasteiger partial charge in [-0.3, -0.25) is 5.10 Å². The first-order valence-electron chi connectivity index (χ1n) is 9.62. The summed E-state index contributed by atoms with van der Waals surface area (Å²) in [5.74, 6) is 0.918. The van der Waals surface area contributed by atoms with Crippen LogP contribution < -0.4 is 4.74 Å². The number of hydrogen-bond acceptors (Lipinski definition) is 5. The average Bonchev–Trinajstić information content (AvgIpc) is 3.54. The molecule has 6 heteroatoms. The van der Waals surface area contributed by atoms with Gasteiger partial charge in [-0.05, 0) is 17.5 Å². The molecule has 4 heterocycles. The normalized spacial score (nSPS) is 20.0. The Morgan fingerprint density at radius 2 is 1.83 bits per heavy atom. The minimum atomic E-state index is -0.332. The van der Waals surface area contributed by atoms with Gasteiger partial charge in [0.05, 0.1) is 34.1 Å². The highest BCUT2D eigenvalue weighted by Crippen LogP contribution is 2.48. The summed E-state index contributed by atoms with van der Waals surface area (Å²) in [7, 11) is 0. The van der Waals surface area contributed by atoms with Gasteiger partial charge in [0.1, 0.15) is 5.75 Å². The molecule has 0 fully saturated rings. The molecular formula is C23H18N4OS. The maximum Gasteiger partial charge on any atom is 0.217 e. The summed E-state index contributed by atoms with van der Waals surface area (Å²) in [5.41, 5.74) is 5.34. The van der Waals surface area contributed by atoms with Crippen molar-refractivity contribution in [3.8, 4) is 17.0 Å². The van der Waals surface area contributed by atoms with E-state index >= 15 is 0 Å². The van der Waals surface area contributed by atoms with Crippen LogP contribution in [-0.2, 0) is 0 Å². The number of nitrogens with one attached hydrogen (secondary N) is 1. The number of thiophene rings is 1. The van der Waals surface area contributed by atoms with Crippen molar-refractivity contribution < 1.29 is 4.74 Å². The van der Waals surface area contributed by atoms with Crippen LogP contribution in [0, 0.1) is 0 Å². The number of benzene rings is 2. The third-order valence-electron chi connectivity index (χ3n) is 5.50. The van der Waals surface area contributed by atoms with E-state index in [0.717, 1.165) is 34.7 Å². The van der Waals surface area contributed by atoms with Crippen LogP contribution in [0.2, 0.25) is 0 Å². The number of rotatable bonds is 3. The van der Waals surface area contributed by atoms with Crippen LogP contribution in [0.25, 0.3) is 11.3 Å². The van der Waals surface area contributed by atoms with Gasteiger partial charge in [0, 0.05) is 17.5 Å². The summed E-state index contributed by atoms with van der Waals surface area (Å²) in [5, 5.41) is 16.7. The summed E-state index contributed by atoms with van der Waals surface area (Å²) in [6, 6.07) is 22.9. The van der Waals surface area contributed by atoms with Crippen LogP contribution >= 0.6 is 11.3 Å². The minimum Gasteiger partial charge on any atom is -0.464 e. The lowest BCUT2D eigenvalue weighted by Gasteiger charge is -2.38. The second-order valence-corrected chi connectivity index (χ2v) is 8.15. The van der Waals surface area contributed by atoms with Crippen LogP contribution in [-0.4, -0.2) is 20.9 Å². The molecule has 6 rings (SSSR count). The predicted molar refractivity (Wildman–Crippen MR) is 114 cm³/mol. The highest BCUT2D eigenvalue weighted by molar-refractivity contribution is 7.12. The van der Waals surface area contributed by atoms with Crippen LogP contribution in [0.5, 0.6) is 5.75 Å². The Balaban J connectivity index is 1.47. The van der Waals surface area contributed by atoms with Gasteiger partial charge >= 0.3 is 0 Å². The van der Waals surface area contributed by atoms with Crippen molar-refractivity contribution in [1.82, 2.24) is 15.2 Å². The number of H-pyrrole nitrogens is 1. The zero-order chi connectivity index (χ0) is 19.2. The van der Waals surface area contributed by atoms with Gasteiger partial charge in [-0.15, -0.1) is 11.3 Å². The molecular weight excluding hydrogens is 380 g/mol. The first-order chi connectivity index (χ1) is 14.4. The Labute approximate surface area is 172 Å². The molecule has 2 aromatic heterocycles. The number of ether oxygens (including phenoxy) is 1. The largest absolute Gasteiger partial charge is 0.464 e. The van der Waals surface area contributed by atoms with E-state index in [4.69, 9.17) is 9.84 Å². The zero-order valence-corrected chi connectivity index (χ0v) is 16.3. The Bertz CT molecular complexity index is 1180. The third kappa shape index (κ3) is 2.68. The molecule has 2 atom stereocenters. The fourth-order valence-electron chi connectivity index (χ4n) is 4.15. The first kappa shape index (κ1) is 16.6. The molecule has 142 valence electrons. The molecule has 4 aromatic rings. The van der Waals surface area contributed by atoms with E-state index in [0.29, 0.717) is 0 Å². The van der Waals surface area contributed by atoms with E-state index in [-0.39, 0.29) is 12.3 Å². The fraction of sp³-hybridized carbons (Fsp3) is 0.130. The summed E-state index contributed by atoms with van der Waals surface area (Å²) in [6.45, 7) is 0. The van der Waals surface area contributed by atoms with Crippen molar-refractivity contribution in [2.24, 2.45) is 5.10 Å². The molecule has 0 spiro atoms. The zero-order valence-electron chi connectivity index (χ0n) is 15.5. The first-order valence-corrected chi connectivity index (χ1v) is 10.5. The van der Waals surface area contributed by atoms with Crippen molar-refractivity contribution >= 4 is 17.0 Å². The minimum absolute atomic E-state index is 0.153. The number of hydrogen-bond donors (Lipinski definition) is 1. The molecule has 0 bridgehead atoms. The quantitative estimate of drug-likeness (QED) is 0.504. The molecule has 2 aliphatic rings. The SMILES string of the molecule is c1ccc(-c2[nH]ncc2[C@H]2Oc3ccccc3[C@H]3CC(c4cccs4)=NN32)cc1.